The molecule has 3 nitrogen and oxygen atoms in total. The number of hydrogen-bond donors (Lipinski definition) is 0. The molecule has 0 spiro atoms. The lowest BCUT2D eigenvalue weighted by molar-refractivity contribution is -0.138. The van der Waals surface area contributed by atoms with Gasteiger partial charge in [0.1, 0.15) is 5.75 Å². The molecule has 1 aromatic rings. The first kappa shape index (κ1) is 14.5. The van der Waals surface area contributed by atoms with E-state index in [0.29, 0.717) is 6.07 Å². The summed E-state index contributed by atoms with van der Waals surface area (Å²) in [5.74, 6) is -1.61. The second-order valence-corrected chi connectivity index (χ2v) is 3.58. The van der Waals surface area contributed by atoms with E-state index in [1.165, 1.54) is 0 Å². The van der Waals surface area contributed by atoms with Crippen molar-refractivity contribution >= 4 is 23.7 Å². The standard InChI is InChI=1S/C11H8ClF3O3/c1-18-10-3-7(9(17)4-12)6(5-16)2-8(10)11(13,14)15/h2-3,5H,4H2,1H3. The zero-order valence-electron chi connectivity index (χ0n) is 9.18. The summed E-state index contributed by atoms with van der Waals surface area (Å²) in [6, 6.07) is 1.45. The van der Waals surface area contributed by atoms with Gasteiger partial charge in [0, 0.05) is 11.1 Å². The van der Waals surface area contributed by atoms with Crippen molar-refractivity contribution in [1.29, 1.82) is 0 Å². The van der Waals surface area contributed by atoms with Crippen molar-refractivity contribution in [3.05, 3.63) is 28.8 Å². The third-order valence-electron chi connectivity index (χ3n) is 2.23. The van der Waals surface area contributed by atoms with Crippen molar-refractivity contribution in [2.75, 3.05) is 13.0 Å². The highest BCUT2D eigenvalue weighted by atomic mass is 35.5. The summed E-state index contributed by atoms with van der Waals surface area (Å²) in [5.41, 5.74) is -1.67. The molecule has 0 saturated carbocycles. The van der Waals surface area contributed by atoms with Crippen molar-refractivity contribution < 1.29 is 27.5 Å². The lowest BCUT2D eigenvalue weighted by Crippen LogP contribution is -2.12. The summed E-state index contributed by atoms with van der Waals surface area (Å²) in [6.07, 6.45) is -4.50. The maximum absolute atomic E-state index is 12.7. The minimum absolute atomic E-state index is 0.175. The molecule has 0 aliphatic heterocycles. The zero-order chi connectivity index (χ0) is 13.9. The molecule has 1 aromatic carbocycles. The van der Waals surface area contributed by atoms with Crippen molar-refractivity contribution in [3.63, 3.8) is 0 Å². The fourth-order valence-electron chi connectivity index (χ4n) is 1.40. The van der Waals surface area contributed by atoms with Crippen molar-refractivity contribution in [2.24, 2.45) is 0 Å². The largest absolute Gasteiger partial charge is 0.496 e. The number of ketones is 1. The van der Waals surface area contributed by atoms with Crippen LogP contribution in [-0.2, 0) is 6.18 Å². The van der Waals surface area contributed by atoms with Gasteiger partial charge in [0.2, 0.25) is 0 Å². The van der Waals surface area contributed by atoms with Crippen molar-refractivity contribution in [1.82, 2.24) is 0 Å². The highest BCUT2D eigenvalue weighted by Gasteiger charge is 2.35. The summed E-state index contributed by atoms with van der Waals surface area (Å²) in [6.45, 7) is 0. The molecule has 1 rings (SSSR count). The fraction of sp³-hybridized carbons (Fsp3) is 0.273. The summed E-state index contributed by atoms with van der Waals surface area (Å²) in [5, 5.41) is 0. The Morgan fingerprint density at radius 2 is 2.06 bits per heavy atom. The summed E-state index contributed by atoms with van der Waals surface area (Å²) < 4.78 is 42.6. The van der Waals surface area contributed by atoms with Crippen LogP contribution < -0.4 is 4.74 Å². The van der Waals surface area contributed by atoms with Gasteiger partial charge in [-0.2, -0.15) is 13.2 Å². The SMILES string of the molecule is COc1cc(C(=O)CCl)c(C=O)cc1C(F)(F)F. The molecule has 0 amide bonds. The molecule has 0 unspecified atom stereocenters. The quantitative estimate of drug-likeness (QED) is 0.484. The molecule has 7 heteroatoms. The highest BCUT2D eigenvalue weighted by molar-refractivity contribution is 6.31. The van der Waals surface area contributed by atoms with E-state index < -0.39 is 29.2 Å². The van der Waals surface area contributed by atoms with Gasteiger partial charge in [0.05, 0.1) is 18.6 Å². The van der Waals surface area contributed by atoms with E-state index in [1.807, 2.05) is 0 Å². The minimum Gasteiger partial charge on any atom is -0.496 e. The van der Waals surface area contributed by atoms with Crippen LogP contribution in [0.15, 0.2) is 12.1 Å². The number of hydrogen-bond acceptors (Lipinski definition) is 3. The van der Waals surface area contributed by atoms with Gasteiger partial charge in [0.15, 0.2) is 12.1 Å². The first-order chi connectivity index (χ1) is 8.35. The number of carbonyl (C=O) groups is 2. The topological polar surface area (TPSA) is 43.4 Å². The molecule has 0 bridgehead atoms. The van der Waals surface area contributed by atoms with E-state index in [2.05, 4.69) is 4.74 Å². The van der Waals surface area contributed by atoms with Crippen molar-refractivity contribution in [3.8, 4) is 5.75 Å². The van der Waals surface area contributed by atoms with Crippen molar-refractivity contribution in [2.45, 2.75) is 6.18 Å². The van der Waals surface area contributed by atoms with Crippen LogP contribution in [0.25, 0.3) is 0 Å². The number of halogens is 4. The molecule has 0 aromatic heterocycles. The first-order valence-corrected chi connectivity index (χ1v) is 5.22. The van der Waals surface area contributed by atoms with Crippen LogP contribution >= 0.6 is 11.6 Å². The molecule has 0 fully saturated rings. The number of carbonyl (C=O) groups excluding carboxylic acids is 2. The number of Topliss-reactive ketones (excluding diaryl/α,β-unsaturated/α-hetero) is 1. The normalized spacial score (nSPS) is 11.2. The maximum Gasteiger partial charge on any atom is 0.419 e. The predicted octanol–water partition coefficient (Wildman–Crippen LogP) is 2.95. The van der Waals surface area contributed by atoms with E-state index in [0.717, 1.165) is 13.2 Å². The molecule has 0 aliphatic carbocycles. The molecule has 0 atom stereocenters. The van der Waals surface area contributed by atoms with Crippen LogP contribution in [0.5, 0.6) is 5.75 Å². The van der Waals surface area contributed by atoms with E-state index in [1.54, 1.807) is 0 Å². The van der Waals surface area contributed by atoms with Gasteiger partial charge in [-0.1, -0.05) is 0 Å². The summed E-state index contributed by atoms with van der Waals surface area (Å²) in [7, 11) is 1.04. The Hall–Kier alpha value is -1.56. The van der Waals surface area contributed by atoms with Gasteiger partial charge >= 0.3 is 6.18 Å². The molecule has 0 saturated heterocycles. The van der Waals surface area contributed by atoms with Gasteiger partial charge in [-0.15, -0.1) is 11.6 Å². The summed E-state index contributed by atoms with van der Waals surface area (Å²) >= 11 is 5.31. The molecular formula is C11H8ClF3O3. The van der Waals surface area contributed by atoms with Crippen LogP contribution in [0.2, 0.25) is 0 Å². The Morgan fingerprint density at radius 3 is 2.44 bits per heavy atom. The number of methoxy groups -OCH3 is 1. The molecule has 0 heterocycles. The van der Waals surface area contributed by atoms with Gasteiger partial charge in [-0.3, -0.25) is 9.59 Å². The molecular weight excluding hydrogens is 273 g/mol. The van der Waals surface area contributed by atoms with Gasteiger partial charge in [-0.25, -0.2) is 0 Å². The Bertz CT molecular complexity index is 483. The molecule has 18 heavy (non-hydrogen) atoms. The average molecular weight is 281 g/mol. The number of ether oxygens (including phenoxy) is 1. The second kappa shape index (κ2) is 5.39. The lowest BCUT2D eigenvalue weighted by atomic mass is 10.0. The third-order valence-corrected chi connectivity index (χ3v) is 2.47. The number of aldehydes is 1. The fourth-order valence-corrected chi connectivity index (χ4v) is 1.54. The Labute approximate surface area is 105 Å². The molecule has 0 aliphatic rings. The Morgan fingerprint density at radius 1 is 1.44 bits per heavy atom. The first-order valence-electron chi connectivity index (χ1n) is 4.68. The van der Waals surface area contributed by atoms with Crippen LogP contribution in [0.4, 0.5) is 13.2 Å². The van der Waals surface area contributed by atoms with Gasteiger partial charge < -0.3 is 4.74 Å². The highest BCUT2D eigenvalue weighted by Crippen LogP contribution is 2.37. The van der Waals surface area contributed by atoms with E-state index in [-0.39, 0.29) is 17.4 Å². The zero-order valence-corrected chi connectivity index (χ0v) is 9.93. The van der Waals surface area contributed by atoms with Crippen LogP contribution in [0.1, 0.15) is 26.3 Å². The predicted molar refractivity (Wildman–Crippen MR) is 58.4 cm³/mol. The van der Waals surface area contributed by atoms with Crippen LogP contribution in [0.3, 0.4) is 0 Å². The van der Waals surface area contributed by atoms with E-state index in [4.69, 9.17) is 11.6 Å². The Balaban J connectivity index is 3.52. The monoisotopic (exact) mass is 280 g/mol. The molecule has 0 radical (unpaired) electrons. The number of alkyl halides is 4. The number of rotatable bonds is 4. The second-order valence-electron chi connectivity index (χ2n) is 3.31. The van der Waals surface area contributed by atoms with Gasteiger partial charge in [-0.05, 0) is 12.1 Å². The third kappa shape index (κ3) is 2.81. The minimum atomic E-state index is -4.67. The van der Waals surface area contributed by atoms with Crippen LogP contribution in [-0.4, -0.2) is 25.1 Å². The van der Waals surface area contributed by atoms with E-state index >= 15 is 0 Å². The molecule has 98 valence electrons. The summed E-state index contributed by atoms with van der Waals surface area (Å²) in [4.78, 5) is 22.1. The number of benzene rings is 1. The van der Waals surface area contributed by atoms with Gasteiger partial charge in [0.25, 0.3) is 0 Å². The smallest absolute Gasteiger partial charge is 0.419 e. The van der Waals surface area contributed by atoms with E-state index in [9.17, 15) is 22.8 Å². The van der Waals surface area contributed by atoms with Crippen LogP contribution in [0, 0.1) is 0 Å². The Kier molecular flexibility index (Phi) is 4.34. The average Bonchev–Trinajstić information content (AvgIpc) is 2.34. The lowest BCUT2D eigenvalue weighted by Gasteiger charge is -2.14. The molecule has 0 N–H and O–H groups in total. The maximum atomic E-state index is 12.7.